The molecular weight excluding hydrogens is 160 g/mol. The molecule has 0 spiro atoms. The fourth-order valence-corrected chi connectivity index (χ4v) is 2.25. The van der Waals surface area contributed by atoms with E-state index in [0.29, 0.717) is 5.92 Å². The molecule has 13 heavy (non-hydrogen) atoms. The van der Waals surface area contributed by atoms with Gasteiger partial charge in [-0.15, -0.1) is 0 Å². The van der Waals surface area contributed by atoms with Crippen LogP contribution in [0.4, 0.5) is 0 Å². The van der Waals surface area contributed by atoms with Crippen LogP contribution in [0.2, 0.25) is 0 Å². The Labute approximate surface area is 82.2 Å². The Morgan fingerprint density at radius 1 is 1.54 bits per heavy atom. The van der Waals surface area contributed by atoms with Crippen LogP contribution in [0.1, 0.15) is 40.0 Å². The normalized spacial score (nSPS) is 40.3. The summed E-state index contributed by atoms with van der Waals surface area (Å²) in [5, 5.41) is 0. The average molecular weight is 182 g/mol. The zero-order chi connectivity index (χ0) is 10.1. The summed E-state index contributed by atoms with van der Waals surface area (Å²) in [4.78, 5) is 0. The molecule has 1 fully saturated rings. The highest BCUT2D eigenvalue weighted by Crippen LogP contribution is 2.40. The van der Waals surface area contributed by atoms with Crippen molar-refractivity contribution in [3.63, 3.8) is 0 Å². The van der Waals surface area contributed by atoms with Gasteiger partial charge in [0, 0.05) is 7.11 Å². The topological polar surface area (TPSA) is 9.23 Å². The fourth-order valence-electron chi connectivity index (χ4n) is 2.25. The molecule has 0 N–H and O–H groups in total. The lowest BCUT2D eigenvalue weighted by Crippen LogP contribution is -2.40. The van der Waals surface area contributed by atoms with E-state index in [2.05, 4.69) is 27.4 Å². The van der Waals surface area contributed by atoms with Crippen LogP contribution in [0, 0.1) is 11.8 Å². The molecule has 1 aliphatic carbocycles. The average Bonchev–Trinajstić information content (AvgIpc) is 2.09. The van der Waals surface area contributed by atoms with Gasteiger partial charge in [0.05, 0.1) is 5.60 Å². The fraction of sp³-hybridized carbons (Fsp3) is 0.833. The predicted octanol–water partition coefficient (Wildman–Crippen LogP) is 3.40. The minimum absolute atomic E-state index is 0.103. The maximum atomic E-state index is 5.59. The molecule has 0 aromatic heterocycles. The number of allylic oxidation sites excluding steroid dienone is 1. The lowest BCUT2D eigenvalue weighted by molar-refractivity contribution is -0.0699. The smallest absolute Gasteiger partial charge is 0.0676 e. The van der Waals surface area contributed by atoms with E-state index in [1.165, 1.54) is 24.8 Å². The zero-order valence-corrected chi connectivity index (χ0v) is 9.39. The molecule has 0 aliphatic heterocycles. The van der Waals surface area contributed by atoms with Crippen molar-refractivity contribution in [1.29, 1.82) is 0 Å². The number of methoxy groups -OCH3 is 1. The maximum absolute atomic E-state index is 5.59. The number of hydrogen-bond donors (Lipinski definition) is 0. The van der Waals surface area contributed by atoms with Crippen molar-refractivity contribution in [2.24, 2.45) is 11.8 Å². The highest BCUT2D eigenvalue weighted by atomic mass is 16.5. The third-order valence-corrected chi connectivity index (χ3v) is 3.83. The number of ether oxygens (including phenoxy) is 1. The van der Waals surface area contributed by atoms with Crippen molar-refractivity contribution in [2.45, 2.75) is 45.6 Å². The first kappa shape index (κ1) is 10.8. The Balaban J connectivity index is 2.61. The molecule has 0 heterocycles. The van der Waals surface area contributed by atoms with Crippen molar-refractivity contribution in [2.75, 3.05) is 7.11 Å². The van der Waals surface area contributed by atoms with Crippen LogP contribution in [0.15, 0.2) is 12.2 Å². The van der Waals surface area contributed by atoms with E-state index in [1.807, 2.05) is 7.11 Å². The molecule has 1 aliphatic rings. The van der Waals surface area contributed by atoms with Crippen LogP contribution >= 0.6 is 0 Å². The minimum Gasteiger partial charge on any atom is -0.378 e. The van der Waals surface area contributed by atoms with E-state index in [1.54, 1.807) is 0 Å². The highest BCUT2D eigenvalue weighted by molar-refractivity contribution is 5.02. The van der Waals surface area contributed by atoms with Crippen molar-refractivity contribution in [1.82, 2.24) is 0 Å². The molecule has 3 unspecified atom stereocenters. The third-order valence-electron chi connectivity index (χ3n) is 3.83. The number of hydrogen-bond acceptors (Lipinski definition) is 1. The zero-order valence-electron chi connectivity index (χ0n) is 9.39. The third kappa shape index (κ3) is 2.14. The lowest BCUT2D eigenvalue weighted by atomic mass is 9.71. The van der Waals surface area contributed by atoms with Gasteiger partial charge in [0.2, 0.25) is 0 Å². The van der Waals surface area contributed by atoms with E-state index in [4.69, 9.17) is 4.74 Å². The highest BCUT2D eigenvalue weighted by Gasteiger charge is 2.37. The van der Waals surface area contributed by atoms with Gasteiger partial charge in [-0.25, -0.2) is 0 Å². The van der Waals surface area contributed by atoms with E-state index >= 15 is 0 Å². The Hall–Kier alpha value is -0.300. The van der Waals surface area contributed by atoms with Gasteiger partial charge in [0.25, 0.3) is 0 Å². The van der Waals surface area contributed by atoms with Gasteiger partial charge < -0.3 is 4.74 Å². The largest absolute Gasteiger partial charge is 0.378 e. The van der Waals surface area contributed by atoms with E-state index < -0.39 is 0 Å². The molecule has 3 atom stereocenters. The molecule has 1 saturated carbocycles. The van der Waals surface area contributed by atoms with Crippen LogP contribution in [0.3, 0.4) is 0 Å². The maximum Gasteiger partial charge on any atom is 0.0676 e. The second-order valence-electron chi connectivity index (χ2n) is 4.74. The summed E-state index contributed by atoms with van der Waals surface area (Å²) in [6, 6.07) is 0. The van der Waals surface area contributed by atoms with Gasteiger partial charge >= 0.3 is 0 Å². The van der Waals surface area contributed by atoms with Crippen LogP contribution in [0.25, 0.3) is 0 Å². The summed E-state index contributed by atoms with van der Waals surface area (Å²) < 4.78 is 5.59. The Bertz CT molecular complexity index is 197. The van der Waals surface area contributed by atoms with Crippen molar-refractivity contribution in [3.05, 3.63) is 12.2 Å². The van der Waals surface area contributed by atoms with Crippen LogP contribution in [-0.2, 0) is 4.74 Å². The van der Waals surface area contributed by atoms with Gasteiger partial charge in [0.1, 0.15) is 0 Å². The van der Waals surface area contributed by atoms with Gasteiger partial charge in [-0.1, -0.05) is 19.1 Å². The SMILES string of the molecule is C=C(C)C1CCC(C)(OC)C(C)C1. The molecule has 1 rings (SSSR count). The summed E-state index contributed by atoms with van der Waals surface area (Å²) in [5.41, 5.74) is 1.44. The molecular formula is C12H22O. The Kier molecular flexibility index (Phi) is 3.18. The van der Waals surface area contributed by atoms with Gasteiger partial charge in [-0.05, 0) is 44.9 Å². The molecule has 0 amide bonds. The molecule has 0 radical (unpaired) electrons. The van der Waals surface area contributed by atoms with Crippen molar-refractivity contribution >= 4 is 0 Å². The van der Waals surface area contributed by atoms with Crippen LogP contribution in [0.5, 0.6) is 0 Å². The minimum atomic E-state index is 0.103. The first-order valence-corrected chi connectivity index (χ1v) is 5.20. The summed E-state index contributed by atoms with van der Waals surface area (Å²) in [5.74, 6) is 1.37. The Morgan fingerprint density at radius 3 is 2.54 bits per heavy atom. The number of rotatable bonds is 2. The van der Waals surface area contributed by atoms with Gasteiger partial charge in [-0.3, -0.25) is 0 Å². The Morgan fingerprint density at radius 2 is 2.15 bits per heavy atom. The van der Waals surface area contributed by atoms with Crippen LogP contribution < -0.4 is 0 Å². The predicted molar refractivity (Wildman–Crippen MR) is 56.7 cm³/mol. The second-order valence-corrected chi connectivity index (χ2v) is 4.74. The molecule has 1 heteroatoms. The standard InChI is InChI=1S/C12H22O/c1-9(2)11-6-7-12(4,13-5)10(3)8-11/h10-11H,1,6-8H2,2-5H3. The second kappa shape index (κ2) is 3.83. The molecule has 76 valence electrons. The van der Waals surface area contributed by atoms with Crippen LogP contribution in [-0.4, -0.2) is 12.7 Å². The van der Waals surface area contributed by atoms with Crippen molar-refractivity contribution < 1.29 is 4.74 Å². The van der Waals surface area contributed by atoms with Gasteiger partial charge in [-0.2, -0.15) is 0 Å². The molecule has 0 saturated heterocycles. The van der Waals surface area contributed by atoms with Gasteiger partial charge in [0.15, 0.2) is 0 Å². The monoisotopic (exact) mass is 182 g/mol. The molecule has 0 aromatic rings. The van der Waals surface area contributed by atoms with Crippen molar-refractivity contribution in [3.8, 4) is 0 Å². The van der Waals surface area contributed by atoms with E-state index in [0.717, 1.165) is 5.92 Å². The van der Waals surface area contributed by atoms with E-state index in [9.17, 15) is 0 Å². The summed E-state index contributed by atoms with van der Waals surface area (Å²) in [6.45, 7) is 10.7. The first-order valence-electron chi connectivity index (χ1n) is 5.20. The molecule has 1 nitrogen and oxygen atoms in total. The first-order chi connectivity index (χ1) is 5.99. The molecule has 0 bridgehead atoms. The lowest BCUT2D eigenvalue weighted by Gasteiger charge is -2.42. The summed E-state index contributed by atoms with van der Waals surface area (Å²) >= 11 is 0. The molecule has 0 aromatic carbocycles. The summed E-state index contributed by atoms with van der Waals surface area (Å²) in [6.07, 6.45) is 3.64. The quantitative estimate of drug-likeness (QED) is 0.595. The van der Waals surface area contributed by atoms with E-state index in [-0.39, 0.29) is 5.60 Å². The summed E-state index contributed by atoms with van der Waals surface area (Å²) in [7, 11) is 1.83.